The molecule has 104 valence electrons. The predicted molar refractivity (Wildman–Crippen MR) is 87.5 cm³/mol. The Kier molecular flexibility index (Phi) is 3.83. The van der Waals surface area contributed by atoms with Gasteiger partial charge in [-0.15, -0.1) is 0 Å². The summed E-state index contributed by atoms with van der Waals surface area (Å²) in [6.45, 7) is 0. The van der Waals surface area contributed by atoms with Gasteiger partial charge in [-0.2, -0.15) is 11.8 Å². The van der Waals surface area contributed by atoms with Crippen molar-refractivity contribution in [1.82, 2.24) is 4.98 Å². The Hall–Kier alpha value is -1.68. The highest BCUT2D eigenvalue weighted by Crippen LogP contribution is 2.35. The largest absolute Gasteiger partial charge is 0.376 e. The van der Waals surface area contributed by atoms with Crippen LogP contribution in [0.25, 0.3) is 0 Å². The molecular formula is C16H19N3S. The molecule has 0 amide bonds. The van der Waals surface area contributed by atoms with E-state index in [4.69, 9.17) is 0 Å². The third-order valence-corrected chi connectivity index (χ3v) is 4.67. The van der Waals surface area contributed by atoms with Crippen LogP contribution in [0.15, 0.2) is 42.7 Å². The number of fused-ring (bicyclic) bond motifs is 1. The van der Waals surface area contributed by atoms with Gasteiger partial charge in [0, 0.05) is 31.8 Å². The standard InChI is InChI=1S/C16H19N3S/c1-19(2)16-7-8-17-9-14(16)18-15-11-20-10-12-5-3-4-6-13(12)15/h3-9,15,18H,10-11H2,1-2H3. The molecule has 0 saturated carbocycles. The lowest BCUT2D eigenvalue weighted by atomic mass is 10.0. The van der Waals surface area contributed by atoms with Crippen LogP contribution in [-0.4, -0.2) is 24.8 Å². The fourth-order valence-electron chi connectivity index (χ4n) is 2.58. The first-order chi connectivity index (χ1) is 9.75. The van der Waals surface area contributed by atoms with Gasteiger partial charge in [-0.1, -0.05) is 24.3 Å². The third kappa shape index (κ3) is 2.61. The van der Waals surface area contributed by atoms with Gasteiger partial charge in [-0.25, -0.2) is 0 Å². The van der Waals surface area contributed by atoms with Crippen molar-refractivity contribution in [1.29, 1.82) is 0 Å². The van der Waals surface area contributed by atoms with Crippen LogP contribution in [0.1, 0.15) is 17.2 Å². The first kappa shape index (κ1) is 13.3. The minimum absolute atomic E-state index is 0.354. The molecule has 3 nitrogen and oxygen atoms in total. The van der Waals surface area contributed by atoms with E-state index in [2.05, 4.69) is 53.6 Å². The van der Waals surface area contributed by atoms with E-state index in [0.29, 0.717) is 6.04 Å². The van der Waals surface area contributed by atoms with Gasteiger partial charge in [-0.05, 0) is 17.2 Å². The molecule has 1 aromatic carbocycles. The zero-order valence-corrected chi connectivity index (χ0v) is 12.7. The van der Waals surface area contributed by atoms with E-state index in [1.807, 2.05) is 30.2 Å². The maximum absolute atomic E-state index is 4.25. The van der Waals surface area contributed by atoms with Crippen LogP contribution in [-0.2, 0) is 5.75 Å². The Morgan fingerprint density at radius 2 is 2.10 bits per heavy atom. The predicted octanol–water partition coefficient (Wildman–Crippen LogP) is 3.55. The van der Waals surface area contributed by atoms with Crippen LogP contribution in [0, 0.1) is 0 Å². The molecule has 1 aromatic heterocycles. The van der Waals surface area contributed by atoms with E-state index in [0.717, 1.165) is 17.2 Å². The van der Waals surface area contributed by atoms with E-state index in [9.17, 15) is 0 Å². The topological polar surface area (TPSA) is 28.2 Å². The zero-order chi connectivity index (χ0) is 13.9. The van der Waals surface area contributed by atoms with Crippen molar-refractivity contribution < 1.29 is 0 Å². The SMILES string of the molecule is CN(C)c1ccncc1NC1CSCc2ccccc21. The monoisotopic (exact) mass is 285 g/mol. The molecule has 20 heavy (non-hydrogen) atoms. The van der Waals surface area contributed by atoms with Gasteiger partial charge in [0.2, 0.25) is 0 Å². The fourth-order valence-corrected chi connectivity index (χ4v) is 3.68. The molecule has 4 heteroatoms. The quantitative estimate of drug-likeness (QED) is 0.933. The second-order valence-corrected chi connectivity index (χ2v) is 6.23. The molecule has 2 heterocycles. The van der Waals surface area contributed by atoms with Gasteiger partial charge in [-0.3, -0.25) is 4.98 Å². The Morgan fingerprint density at radius 3 is 2.95 bits per heavy atom. The minimum atomic E-state index is 0.354. The zero-order valence-electron chi connectivity index (χ0n) is 11.8. The van der Waals surface area contributed by atoms with Gasteiger partial charge in [0.15, 0.2) is 0 Å². The van der Waals surface area contributed by atoms with Crippen molar-refractivity contribution in [3.63, 3.8) is 0 Å². The maximum Gasteiger partial charge on any atom is 0.0769 e. The summed E-state index contributed by atoms with van der Waals surface area (Å²) in [5.41, 5.74) is 5.13. The van der Waals surface area contributed by atoms with Gasteiger partial charge in [0.05, 0.1) is 23.6 Å². The summed E-state index contributed by atoms with van der Waals surface area (Å²) in [4.78, 5) is 6.37. The molecule has 0 spiro atoms. The number of nitrogens with zero attached hydrogens (tertiary/aromatic N) is 2. The number of benzene rings is 1. The van der Waals surface area contributed by atoms with Crippen LogP contribution in [0.5, 0.6) is 0 Å². The summed E-state index contributed by atoms with van der Waals surface area (Å²) in [6.07, 6.45) is 3.75. The highest BCUT2D eigenvalue weighted by atomic mass is 32.2. The summed E-state index contributed by atoms with van der Waals surface area (Å²) in [5, 5.41) is 3.66. The number of thioether (sulfide) groups is 1. The number of hydrogen-bond acceptors (Lipinski definition) is 4. The number of hydrogen-bond donors (Lipinski definition) is 1. The first-order valence-corrected chi connectivity index (χ1v) is 7.94. The summed E-state index contributed by atoms with van der Waals surface area (Å²) in [5.74, 6) is 2.21. The Bertz CT molecular complexity index is 598. The third-order valence-electron chi connectivity index (χ3n) is 3.58. The lowest BCUT2D eigenvalue weighted by Crippen LogP contribution is -2.20. The van der Waals surface area contributed by atoms with Crippen LogP contribution in [0.2, 0.25) is 0 Å². The second-order valence-electron chi connectivity index (χ2n) is 5.20. The maximum atomic E-state index is 4.25. The fraction of sp³-hybridized carbons (Fsp3) is 0.312. The number of pyridine rings is 1. The molecular weight excluding hydrogens is 266 g/mol. The summed E-state index contributed by atoms with van der Waals surface area (Å²) in [7, 11) is 4.12. The van der Waals surface area contributed by atoms with E-state index < -0.39 is 0 Å². The normalized spacial score (nSPS) is 17.4. The van der Waals surface area contributed by atoms with Crippen molar-refractivity contribution in [3.05, 3.63) is 53.9 Å². The van der Waals surface area contributed by atoms with Crippen LogP contribution < -0.4 is 10.2 Å². The molecule has 1 N–H and O–H groups in total. The molecule has 0 fully saturated rings. The van der Waals surface area contributed by atoms with E-state index >= 15 is 0 Å². The molecule has 0 radical (unpaired) electrons. The van der Waals surface area contributed by atoms with Gasteiger partial charge < -0.3 is 10.2 Å². The highest BCUT2D eigenvalue weighted by molar-refractivity contribution is 7.98. The van der Waals surface area contributed by atoms with Gasteiger partial charge in [0.1, 0.15) is 0 Å². The van der Waals surface area contributed by atoms with E-state index in [1.54, 1.807) is 0 Å². The Balaban J connectivity index is 1.90. The lowest BCUT2D eigenvalue weighted by molar-refractivity contribution is 0.868. The molecule has 2 aromatic rings. The van der Waals surface area contributed by atoms with Crippen LogP contribution in [0.4, 0.5) is 11.4 Å². The first-order valence-electron chi connectivity index (χ1n) is 6.79. The van der Waals surface area contributed by atoms with E-state index in [-0.39, 0.29) is 0 Å². The summed E-state index contributed by atoms with van der Waals surface area (Å²) in [6, 6.07) is 11.1. The molecule has 1 aliphatic rings. The molecule has 0 bridgehead atoms. The number of anilines is 2. The van der Waals surface area contributed by atoms with E-state index in [1.165, 1.54) is 16.8 Å². The Morgan fingerprint density at radius 1 is 1.25 bits per heavy atom. The second kappa shape index (κ2) is 5.75. The van der Waals surface area contributed by atoms with Crippen LogP contribution >= 0.6 is 11.8 Å². The number of aromatic nitrogens is 1. The van der Waals surface area contributed by atoms with Crippen molar-refractivity contribution in [3.8, 4) is 0 Å². The highest BCUT2D eigenvalue weighted by Gasteiger charge is 2.20. The molecule has 3 rings (SSSR count). The van der Waals surface area contributed by atoms with Crippen molar-refractivity contribution in [2.75, 3.05) is 30.1 Å². The number of rotatable bonds is 3. The van der Waals surface area contributed by atoms with Crippen LogP contribution in [0.3, 0.4) is 0 Å². The summed E-state index contributed by atoms with van der Waals surface area (Å²) >= 11 is 1.98. The molecule has 1 atom stereocenters. The molecule has 1 aliphatic heterocycles. The lowest BCUT2D eigenvalue weighted by Gasteiger charge is -2.28. The average Bonchev–Trinajstić information content (AvgIpc) is 2.48. The molecule has 0 aliphatic carbocycles. The molecule has 1 unspecified atom stereocenters. The van der Waals surface area contributed by atoms with Crippen molar-refractivity contribution in [2.45, 2.75) is 11.8 Å². The smallest absolute Gasteiger partial charge is 0.0769 e. The number of nitrogens with one attached hydrogen (secondary N) is 1. The average molecular weight is 285 g/mol. The summed E-state index contributed by atoms with van der Waals surface area (Å²) < 4.78 is 0. The van der Waals surface area contributed by atoms with Gasteiger partial charge >= 0.3 is 0 Å². The van der Waals surface area contributed by atoms with Crippen molar-refractivity contribution in [2.24, 2.45) is 0 Å². The van der Waals surface area contributed by atoms with Crippen molar-refractivity contribution >= 4 is 23.1 Å². The Labute approximate surface area is 124 Å². The molecule has 0 saturated heterocycles. The minimum Gasteiger partial charge on any atom is -0.376 e. The van der Waals surface area contributed by atoms with Gasteiger partial charge in [0.25, 0.3) is 0 Å².